The fourth-order valence-corrected chi connectivity index (χ4v) is 4.83. The molecule has 0 saturated heterocycles. The van der Waals surface area contributed by atoms with E-state index in [9.17, 15) is 9.59 Å². The molecule has 6 nitrogen and oxygen atoms in total. The lowest BCUT2D eigenvalue weighted by molar-refractivity contribution is -0.120. The second-order valence-corrected chi connectivity index (χ2v) is 10.1. The Bertz CT molecular complexity index is 1380. The molecule has 0 aliphatic heterocycles. The van der Waals surface area contributed by atoms with Gasteiger partial charge in [0.15, 0.2) is 0 Å². The maximum atomic E-state index is 13.4. The van der Waals surface area contributed by atoms with Gasteiger partial charge in [0.05, 0.1) is 17.6 Å². The lowest BCUT2D eigenvalue weighted by Crippen LogP contribution is -2.26. The average molecular weight is 531 g/mol. The van der Waals surface area contributed by atoms with Gasteiger partial charge in [-0.3, -0.25) is 19.1 Å². The number of nitrogens with one attached hydrogen (secondary N) is 2. The summed E-state index contributed by atoms with van der Waals surface area (Å²) in [7, 11) is 0. The number of aryl methyl sites for hydroxylation is 1. The van der Waals surface area contributed by atoms with Gasteiger partial charge in [0, 0.05) is 41.0 Å². The molecule has 0 saturated carbocycles. The van der Waals surface area contributed by atoms with E-state index in [-0.39, 0.29) is 18.2 Å². The van der Waals surface area contributed by atoms with Crippen molar-refractivity contribution < 1.29 is 9.59 Å². The third-order valence-electron chi connectivity index (χ3n) is 6.76. The third-order valence-corrected chi connectivity index (χ3v) is 7.01. The van der Waals surface area contributed by atoms with Gasteiger partial charge in [0.2, 0.25) is 5.91 Å². The molecular formula is C31H35ClN4O2. The van der Waals surface area contributed by atoms with Gasteiger partial charge in [-0.25, -0.2) is 0 Å². The largest absolute Gasteiger partial charge is 0.356 e. The van der Waals surface area contributed by atoms with Gasteiger partial charge >= 0.3 is 0 Å². The van der Waals surface area contributed by atoms with Crippen LogP contribution in [0.1, 0.15) is 58.6 Å². The van der Waals surface area contributed by atoms with E-state index in [0.29, 0.717) is 17.1 Å². The molecule has 2 aromatic heterocycles. The van der Waals surface area contributed by atoms with Crippen LogP contribution in [-0.2, 0) is 17.8 Å². The zero-order chi connectivity index (χ0) is 26.9. The summed E-state index contributed by atoms with van der Waals surface area (Å²) in [6.07, 6.45) is 6.28. The van der Waals surface area contributed by atoms with Crippen LogP contribution in [0.15, 0.2) is 66.9 Å². The number of carbonyl (C=O) groups excluding carboxylic acids is 2. The molecule has 0 bridgehead atoms. The van der Waals surface area contributed by atoms with Gasteiger partial charge in [0.25, 0.3) is 5.91 Å². The number of rotatable bonds is 12. The predicted octanol–water partition coefficient (Wildman–Crippen LogP) is 6.00. The molecule has 0 aliphatic carbocycles. The molecule has 4 rings (SSSR count). The van der Waals surface area contributed by atoms with E-state index in [1.165, 1.54) is 0 Å². The van der Waals surface area contributed by atoms with Gasteiger partial charge in [-0.15, -0.1) is 0 Å². The summed E-state index contributed by atoms with van der Waals surface area (Å²) < 4.78 is 1.71. The minimum atomic E-state index is -0.130. The molecule has 0 fully saturated rings. The minimum Gasteiger partial charge on any atom is -0.356 e. The lowest BCUT2D eigenvalue weighted by Gasteiger charge is -2.09. The van der Waals surface area contributed by atoms with E-state index in [0.717, 1.165) is 72.2 Å². The van der Waals surface area contributed by atoms with Gasteiger partial charge in [-0.1, -0.05) is 42.1 Å². The van der Waals surface area contributed by atoms with E-state index in [2.05, 4.69) is 21.7 Å². The van der Waals surface area contributed by atoms with Crippen molar-refractivity contribution in [3.8, 4) is 0 Å². The molecule has 0 radical (unpaired) electrons. The maximum absolute atomic E-state index is 13.4. The first-order chi connectivity index (χ1) is 18.4. The van der Waals surface area contributed by atoms with Gasteiger partial charge in [-0.05, 0) is 87.3 Å². The van der Waals surface area contributed by atoms with Crippen LogP contribution >= 0.6 is 11.6 Å². The Morgan fingerprint density at radius 2 is 1.68 bits per heavy atom. The summed E-state index contributed by atoms with van der Waals surface area (Å²) in [6.45, 7) is 6.33. The number of aromatic nitrogens is 2. The Morgan fingerprint density at radius 3 is 2.42 bits per heavy atom. The molecule has 38 heavy (non-hydrogen) atoms. The molecule has 4 aromatic rings. The number of hydrogen-bond acceptors (Lipinski definition) is 4. The summed E-state index contributed by atoms with van der Waals surface area (Å²) in [4.78, 5) is 30.6. The van der Waals surface area contributed by atoms with E-state index < -0.39 is 0 Å². The number of benzene rings is 2. The first-order valence-corrected chi connectivity index (χ1v) is 13.6. The summed E-state index contributed by atoms with van der Waals surface area (Å²) in [5.41, 5.74) is 5.19. The Hall–Kier alpha value is -3.48. The number of halogens is 1. The van der Waals surface area contributed by atoms with E-state index in [4.69, 9.17) is 11.6 Å². The Morgan fingerprint density at radius 1 is 0.921 bits per heavy atom. The molecule has 7 heteroatoms. The number of amides is 1. The smallest absolute Gasteiger partial charge is 0.262 e. The summed E-state index contributed by atoms with van der Waals surface area (Å²) in [6, 6.07) is 18.8. The summed E-state index contributed by atoms with van der Waals surface area (Å²) in [5, 5.41) is 8.01. The van der Waals surface area contributed by atoms with Crippen LogP contribution in [0.2, 0.25) is 5.02 Å². The van der Waals surface area contributed by atoms with Crippen molar-refractivity contribution in [3.63, 3.8) is 0 Å². The fraction of sp³-hybridized carbons (Fsp3) is 0.323. The molecule has 0 atom stereocenters. The SMILES string of the molecule is Cc1ccc2c(c1)c(CC(=O)NCCCCCCNCc1ccccn1)c(C)n2C(=O)c1ccc(Cl)cc1. The van der Waals surface area contributed by atoms with Crippen LogP contribution in [0, 0.1) is 13.8 Å². The molecule has 0 aliphatic rings. The highest BCUT2D eigenvalue weighted by Gasteiger charge is 2.21. The lowest BCUT2D eigenvalue weighted by atomic mass is 10.1. The number of hydrogen-bond donors (Lipinski definition) is 2. The quantitative estimate of drug-likeness (QED) is 0.220. The van der Waals surface area contributed by atoms with Gasteiger partial charge in [0.1, 0.15) is 0 Å². The molecule has 1 amide bonds. The molecule has 0 unspecified atom stereocenters. The number of unbranched alkanes of at least 4 members (excludes halogenated alkanes) is 3. The van der Waals surface area contributed by atoms with Crippen LogP contribution in [0.25, 0.3) is 10.9 Å². The van der Waals surface area contributed by atoms with Crippen molar-refractivity contribution in [3.05, 3.63) is 100.0 Å². The molecular weight excluding hydrogens is 496 g/mol. The highest BCUT2D eigenvalue weighted by molar-refractivity contribution is 6.30. The maximum Gasteiger partial charge on any atom is 0.262 e. The topological polar surface area (TPSA) is 76.0 Å². The van der Waals surface area contributed by atoms with Crippen LogP contribution in [0.4, 0.5) is 0 Å². The highest BCUT2D eigenvalue weighted by Crippen LogP contribution is 2.28. The standard InChI is InChI=1S/C31H35ClN4O2/c1-22-10-15-29-28(19-22)27(23(2)36(29)31(38)24-11-13-25(32)14-12-24)20-30(37)35-18-7-4-3-6-16-33-21-26-9-5-8-17-34-26/h5,8-15,17,19,33H,3-4,6-7,16,18,20-21H2,1-2H3,(H,35,37). The van der Waals surface area contributed by atoms with Crippen molar-refractivity contribution in [2.24, 2.45) is 0 Å². The van der Waals surface area contributed by atoms with Crippen molar-refractivity contribution in [2.75, 3.05) is 13.1 Å². The Labute approximate surface area is 229 Å². The number of nitrogens with zero attached hydrogens (tertiary/aromatic N) is 2. The predicted molar refractivity (Wildman–Crippen MR) is 154 cm³/mol. The first-order valence-electron chi connectivity index (χ1n) is 13.2. The normalized spacial score (nSPS) is 11.1. The van der Waals surface area contributed by atoms with E-state index >= 15 is 0 Å². The second kappa shape index (κ2) is 13.4. The summed E-state index contributed by atoms with van der Waals surface area (Å²) >= 11 is 6.01. The van der Waals surface area contributed by atoms with Crippen molar-refractivity contribution in [1.82, 2.24) is 20.2 Å². The second-order valence-electron chi connectivity index (χ2n) is 9.67. The van der Waals surface area contributed by atoms with E-state index in [1.807, 2.05) is 50.4 Å². The zero-order valence-electron chi connectivity index (χ0n) is 22.1. The van der Waals surface area contributed by atoms with Crippen LogP contribution in [0.5, 0.6) is 0 Å². The molecule has 2 aromatic carbocycles. The number of carbonyl (C=O) groups is 2. The molecule has 0 spiro atoms. The van der Waals surface area contributed by atoms with Crippen molar-refractivity contribution in [1.29, 1.82) is 0 Å². The number of fused-ring (bicyclic) bond motifs is 1. The Balaban J connectivity index is 1.28. The average Bonchev–Trinajstić information content (AvgIpc) is 3.18. The number of pyridine rings is 1. The third kappa shape index (κ3) is 7.09. The van der Waals surface area contributed by atoms with Gasteiger partial charge in [-0.2, -0.15) is 0 Å². The van der Waals surface area contributed by atoms with Crippen molar-refractivity contribution in [2.45, 2.75) is 52.5 Å². The molecule has 2 N–H and O–H groups in total. The molecule has 2 heterocycles. The van der Waals surface area contributed by atoms with Crippen LogP contribution < -0.4 is 10.6 Å². The minimum absolute atomic E-state index is 0.0235. The van der Waals surface area contributed by atoms with E-state index in [1.54, 1.807) is 28.8 Å². The van der Waals surface area contributed by atoms with Crippen molar-refractivity contribution >= 4 is 34.3 Å². The highest BCUT2D eigenvalue weighted by atomic mass is 35.5. The Kier molecular flexibility index (Phi) is 9.68. The monoisotopic (exact) mass is 530 g/mol. The molecule has 198 valence electrons. The summed E-state index contributed by atoms with van der Waals surface area (Å²) in [5.74, 6) is -0.154. The van der Waals surface area contributed by atoms with Gasteiger partial charge < -0.3 is 10.6 Å². The first kappa shape index (κ1) is 27.6. The van der Waals surface area contributed by atoms with Crippen LogP contribution in [-0.4, -0.2) is 34.5 Å². The zero-order valence-corrected chi connectivity index (χ0v) is 22.9. The fourth-order valence-electron chi connectivity index (χ4n) is 4.70. The van der Waals surface area contributed by atoms with Crippen LogP contribution in [0.3, 0.4) is 0 Å².